The summed E-state index contributed by atoms with van der Waals surface area (Å²) >= 11 is 0. The van der Waals surface area contributed by atoms with Crippen LogP contribution in [0.25, 0.3) is 0 Å². The van der Waals surface area contributed by atoms with Gasteiger partial charge >= 0.3 is 17.9 Å². The topological polar surface area (TPSA) is 96.0 Å². The zero-order valence-corrected chi connectivity index (χ0v) is 23.5. The Labute approximate surface area is 236 Å². The number of rotatable bonds is 15. The Kier molecular flexibility index (Phi) is 12.6. The van der Waals surface area contributed by atoms with Gasteiger partial charge in [0.1, 0.15) is 12.2 Å². The van der Waals surface area contributed by atoms with Gasteiger partial charge < -0.3 is 14.2 Å². The number of ketones is 1. The molecule has 40 heavy (non-hydrogen) atoms. The van der Waals surface area contributed by atoms with Crippen molar-refractivity contribution >= 4 is 23.7 Å². The highest BCUT2D eigenvalue weighted by Crippen LogP contribution is 2.41. The van der Waals surface area contributed by atoms with E-state index in [0.717, 1.165) is 38.5 Å². The van der Waals surface area contributed by atoms with Crippen molar-refractivity contribution in [1.82, 2.24) is 0 Å². The molecule has 0 heterocycles. The number of unbranched alkanes of at least 4 members (excludes halogenated alkanes) is 4. The van der Waals surface area contributed by atoms with Crippen molar-refractivity contribution in [2.75, 3.05) is 7.11 Å². The lowest BCUT2D eigenvalue weighted by Gasteiger charge is -2.24. The fraction of sp³-hybridized carbons (Fsp3) is 0.455. The molecule has 0 N–H and O–H groups in total. The number of benzene rings is 2. The lowest BCUT2D eigenvalue weighted by atomic mass is 9.87. The third-order valence-corrected chi connectivity index (χ3v) is 7.40. The van der Waals surface area contributed by atoms with E-state index in [4.69, 9.17) is 14.2 Å². The van der Waals surface area contributed by atoms with Gasteiger partial charge in [-0.05, 0) is 43.2 Å². The summed E-state index contributed by atoms with van der Waals surface area (Å²) in [5.41, 5.74) is 0.910. The maximum Gasteiger partial charge on any atom is 0.338 e. The van der Waals surface area contributed by atoms with Crippen molar-refractivity contribution in [3.8, 4) is 0 Å². The first-order chi connectivity index (χ1) is 19.4. The van der Waals surface area contributed by atoms with Crippen LogP contribution >= 0.6 is 0 Å². The summed E-state index contributed by atoms with van der Waals surface area (Å²) in [5, 5.41) is 0. The van der Waals surface area contributed by atoms with Crippen LogP contribution in [0, 0.1) is 11.8 Å². The molecule has 1 aliphatic carbocycles. The SMILES string of the molecule is CCC(=O)/C=C/[C@H]1[C@@H](CCCCCCCC(=O)OC)[C@H](OC(=O)c2ccccc2)C[C@@H]1OC(=O)c1ccccc1. The highest BCUT2D eigenvalue weighted by atomic mass is 16.6. The average molecular weight is 549 g/mol. The van der Waals surface area contributed by atoms with E-state index >= 15 is 0 Å². The number of hydrogen-bond acceptors (Lipinski definition) is 7. The molecule has 4 atom stereocenters. The molecule has 1 fully saturated rings. The predicted octanol–water partition coefficient (Wildman–Crippen LogP) is 6.51. The molecular formula is C33H40O7. The molecule has 1 aliphatic rings. The zero-order chi connectivity index (χ0) is 28.7. The summed E-state index contributed by atoms with van der Waals surface area (Å²) in [7, 11) is 1.40. The minimum Gasteiger partial charge on any atom is -0.469 e. The molecule has 0 amide bonds. The third kappa shape index (κ3) is 9.47. The van der Waals surface area contributed by atoms with Gasteiger partial charge in [-0.1, -0.05) is 75.1 Å². The molecule has 0 bridgehead atoms. The summed E-state index contributed by atoms with van der Waals surface area (Å²) in [4.78, 5) is 49.5. The Morgan fingerprint density at radius 3 is 1.90 bits per heavy atom. The number of esters is 3. The van der Waals surface area contributed by atoms with Gasteiger partial charge in [0, 0.05) is 31.1 Å². The Hall–Kier alpha value is -3.74. The summed E-state index contributed by atoms with van der Waals surface area (Å²) < 4.78 is 16.7. The molecule has 0 aliphatic heterocycles. The van der Waals surface area contributed by atoms with E-state index < -0.39 is 24.1 Å². The Morgan fingerprint density at radius 1 is 0.775 bits per heavy atom. The van der Waals surface area contributed by atoms with Crippen LogP contribution in [0.15, 0.2) is 72.8 Å². The van der Waals surface area contributed by atoms with Crippen molar-refractivity contribution in [3.63, 3.8) is 0 Å². The Balaban J connectivity index is 1.75. The first-order valence-electron chi connectivity index (χ1n) is 14.2. The van der Waals surface area contributed by atoms with Crippen LogP contribution in [0.2, 0.25) is 0 Å². The van der Waals surface area contributed by atoms with Gasteiger partial charge in [0.25, 0.3) is 0 Å². The van der Waals surface area contributed by atoms with Crippen molar-refractivity contribution in [1.29, 1.82) is 0 Å². The van der Waals surface area contributed by atoms with E-state index in [1.165, 1.54) is 7.11 Å². The van der Waals surface area contributed by atoms with Crippen LogP contribution in [0.5, 0.6) is 0 Å². The van der Waals surface area contributed by atoms with E-state index in [9.17, 15) is 19.2 Å². The minimum atomic E-state index is -0.535. The highest BCUT2D eigenvalue weighted by Gasteiger charge is 2.46. The molecule has 3 rings (SSSR count). The molecular weight excluding hydrogens is 508 g/mol. The minimum absolute atomic E-state index is 0.0118. The molecule has 0 radical (unpaired) electrons. The first kappa shape index (κ1) is 30.8. The summed E-state index contributed by atoms with van der Waals surface area (Å²) in [6, 6.07) is 17.6. The first-order valence-corrected chi connectivity index (χ1v) is 14.2. The van der Waals surface area contributed by atoms with Crippen LogP contribution in [-0.4, -0.2) is 43.0 Å². The van der Waals surface area contributed by atoms with E-state index in [0.29, 0.717) is 30.4 Å². The Morgan fingerprint density at radius 2 is 1.32 bits per heavy atom. The molecule has 0 unspecified atom stereocenters. The lowest BCUT2D eigenvalue weighted by molar-refractivity contribution is -0.140. The van der Waals surface area contributed by atoms with Crippen molar-refractivity contribution in [3.05, 3.63) is 83.9 Å². The quantitative estimate of drug-likeness (QED) is 0.108. The number of carbonyl (C=O) groups excluding carboxylic acids is 4. The number of methoxy groups -OCH3 is 1. The molecule has 7 nitrogen and oxygen atoms in total. The maximum atomic E-state index is 13.0. The molecule has 1 saturated carbocycles. The van der Waals surface area contributed by atoms with Crippen molar-refractivity contribution in [2.24, 2.45) is 11.8 Å². The van der Waals surface area contributed by atoms with E-state index in [-0.39, 0.29) is 23.6 Å². The molecule has 0 spiro atoms. The predicted molar refractivity (Wildman–Crippen MR) is 152 cm³/mol. The van der Waals surface area contributed by atoms with Gasteiger partial charge in [-0.25, -0.2) is 9.59 Å². The van der Waals surface area contributed by atoms with Crippen molar-refractivity contribution < 1.29 is 33.4 Å². The fourth-order valence-corrected chi connectivity index (χ4v) is 5.17. The largest absolute Gasteiger partial charge is 0.469 e. The standard InChI is InChI=1S/C33H40O7/c1-3-26(34)21-22-28-27(19-13-5-4-6-14-20-31(35)38-2)29(39-32(36)24-15-9-7-10-16-24)23-30(28)40-33(37)25-17-11-8-12-18-25/h7-12,15-18,21-22,27-30H,3-6,13-14,19-20,23H2,1-2H3/b22-21+/t27-,28+,29-,30+/m1/s1. The molecule has 7 heteroatoms. The monoisotopic (exact) mass is 548 g/mol. The highest BCUT2D eigenvalue weighted by molar-refractivity contribution is 5.90. The second kappa shape index (κ2) is 16.4. The summed E-state index contributed by atoms with van der Waals surface area (Å²) in [5.74, 6) is -1.44. The maximum absolute atomic E-state index is 13.0. The Bertz CT molecular complexity index is 1130. The van der Waals surface area contributed by atoms with E-state index in [2.05, 4.69) is 0 Å². The zero-order valence-electron chi connectivity index (χ0n) is 23.5. The number of ether oxygens (including phenoxy) is 3. The van der Waals surface area contributed by atoms with Gasteiger partial charge in [-0.3, -0.25) is 9.59 Å². The van der Waals surface area contributed by atoms with E-state index in [1.807, 2.05) is 18.2 Å². The van der Waals surface area contributed by atoms with Crippen LogP contribution in [0.1, 0.15) is 85.4 Å². The normalized spacial score (nSPS) is 20.2. The average Bonchev–Trinajstić information content (AvgIpc) is 3.30. The summed E-state index contributed by atoms with van der Waals surface area (Å²) in [6.07, 6.45) is 8.83. The fourth-order valence-electron chi connectivity index (χ4n) is 5.17. The van der Waals surface area contributed by atoms with Crippen LogP contribution in [0.4, 0.5) is 0 Å². The number of allylic oxidation sites excluding steroid dienone is 1. The second-order valence-electron chi connectivity index (χ2n) is 10.2. The molecule has 214 valence electrons. The molecule has 2 aromatic rings. The molecule has 0 aromatic heterocycles. The van der Waals surface area contributed by atoms with E-state index in [1.54, 1.807) is 61.5 Å². The van der Waals surface area contributed by atoms with Crippen LogP contribution in [0.3, 0.4) is 0 Å². The third-order valence-electron chi connectivity index (χ3n) is 7.40. The smallest absolute Gasteiger partial charge is 0.338 e. The van der Waals surface area contributed by atoms with Crippen LogP contribution < -0.4 is 0 Å². The molecule has 0 saturated heterocycles. The van der Waals surface area contributed by atoms with Crippen LogP contribution in [-0.2, 0) is 23.8 Å². The number of hydrogen-bond donors (Lipinski definition) is 0. The van der Waals surface area contributed by atoms with Gasteiger partial charge in [0.05, 0.1) is 18.2 Å². The van der Waals surface area contributed by atoms with Gasteiger partial charge in [0.2, 0.25) is 0 Å². The summed E-state index contributed by atoms with van der Waals surface area (Å²) in [6.45, 7) is 1.80. The number of carbonyl (C=O) groups is 4. The van der Waals surface area contributed by atoms with Gasteiger partial charge in [-0.15, -0.1) is 0 Å². The van der Waals surface area contributed by atoms with Crippen molar-refractivity contribution in [2.45, 2.75) is 76.9 Å². The second-order valence-corrected chi connectivity index (χ2v) is 10.2. The lowest BCUT2D eigenvalue weighted by Crippen LogP contribution is -2.26. The van der Waals surface area contributed by atoms with Gasteiger partial charge in [-0.2, -0.15) is 0 Å². The molecule has 2 aromatic carbocycles. The van der Waals surface area contributed by atoms with Gasteiger partial charge in [0.15, 0.2) is 5.78 Å².